The van der Waals surface area contributed by atoms with E-state index in [0.717, 1.165) is 12.1 Å². The van der Waals surface area contributed by atoms with E-state index >= 15 is 0 Å². The van der Waals surface area contributed by atoms with Crippen LogP contribution in [0.2, 0.25) is 0 Å². The van der Waals surface area contributed by atoms with Crippen molar-refractivity contribution in [2.45, 2.75) is 12.7 Å². The van der Waals surface area contributed by atoms with Gasteiger partial charge in [0.05, 0.1) is 5.56 Å². The molecule has 1 N–H and O–H groups in total. The molecule has 2 aromatic heterocycles. The van der Waals surface area contributed by atoms with Crippen LogP contribution in [0.3, 0.4) is 0 Å². The molecule has 0 aliphatic carbocycles. The Balaban J connectivity index is 1.84. The average Bonchev–Trinajstić information content (AvgIpc) is 2.92. The van der Waals surface area contributed by atoms with Gasteiger partial charge >= 0.3 is 6.18 Å². The first kappa shape index (κ1) is 14.8. The highest BCUT2D eigenvalue weighted by molar-refractivity contribution is 9.10. The van der Waals surface area contributed by atoms with Crippen molar-refractivity contribution in [3.8, 4) is 0 Å². The van der Waals surface area contributed by atoms with E-state index in [-0.39, 0.29) is 6.54 Å². The predicted molar refractivity (Wildman–Crippen MR) is 79.5 cm³/mol. The largest absolute Gasteiger partial charge is 0.416 e. The second kappa shape index (κ2) is 5.60. The van der Waals surface area contributed by atoms with Crippen LogP contribution in [0.5, 0.6) is 0 Å². The maximum absolute atomic E-state index is 12.7. The van der Waals surface area contributed by atoms with Gasteiger partial charge in [0.2, 0.25) is 0 Å². The Kier molecular flexibility index (Phi) is 3.78. The summed E-state index contributed by atoms with van der Waals surface area (Å²) in [6.07, 6.45) is 0.786. The smallest absolute Gasteiger partial charge is 0.363 e. The summed E-state index contributed by atoms with van der Waals surface area (Å²) in [5, 5.41) is 3.02. The summed E-state index contributed by atoms with van der Waals surface area (Å²) in [5.74, 6) is 0.497. The van der Waals surface area contributed by atoms with E-state index in [4.69, 9.17) is 0 Å². The van der Waals surface area contributed by atoms with Gasteiger partial charge in [-0.15, -0.1) is 0 Å². The van der Waals surface area contributed by atoms with Gasteiger partial charge in [-0.1, -0.05) is 12.1 Å². The van der Waals surface area contributed by atoms with Gasteiger partial charge in [-0.05, 0) is 33.6 Å². The van der Waals surface area contributed by atoms with Crippen molar-refractivity contribution in [1.29, 1.82) is 0 Å². The molecule has 114 valence electrons. The van der Waals surface area contributed by atoms with E-state index in [0.29, 0.717) is 21.6 Å². The number of hydrogen-bond acceptors (Lipinski definition) is 3. The van der Waals surface area contributed by atoms with E-state index in [1.807, 2.05) is 0 Å². The molecule has 4 nitrogen and oxygen atoms in total. The third kappa shape index (κ3) is 3.06. The molecule has 1 aromatic carbocycles. The Morgan fingerprint density at radius 2 is 2.09 bits per heavy atom. The molecule has 0 spiro atoms. The molecular weight excluding hydrogens is 361 g/mol. The molecule has 8 heteroatoms. The highest BCUT2D eigenvalue weighted by atomic mass is 79.9. The number of imidazole rings is 1. The van der Waals surface area contributed by atoms with Gasteiger partial charge in [0, 0.05) is 25.1 Å². The van der Waals surface area contributed by atoms with Gasteiger partial charge in [0.25, 0.3) is 0 Å². The monoisotopic (exact) mass is 370 g/mol. The lowest BCUT2D eigenvalue weighted by Crippen LogP contribution is -2.08. The van der Waals surface area contributed by atoms with Crippen LogP contribution in [0, 0.1) is 0 Å². The summed E-state index contributed by atoms with van der Waals surface area (Å²) in [7, 11) is 0. The van der Waals surface area contributed by atoms with Crippen LogP contribution in [0.15, 0.2) is 47.5 Å². The van der Waals surface area contributed by atoms with E-state index in [1.54, 1.807) is 29.1 Å². The first-order chi connectivity index (χ1) is 10.4. The molecule has 22 heavy (non-hydrogen) atoms. The average molecular weight is 371 g/mol. The molecule has 0 saturated carbocycles. The van der Waals surface area contributed by atoms with Crippen molar-refractivity contribution < 1.29 is 13.2 Å². The molecular formula is C14H10BrF3N4. The summed E-state index contributed by atoms with van der Waals surface area (Å²) in [6.45, 7) is 0.218. The second-order valence-electron chi connectivity index (χ2n) is 4.62. The molecule has 3 aromatic rings. The van der Waals surface area contributed by atoms with Gasteiger partial charge in [0.15, 0.2) is 11.5 Å². The fourth-order valence-corrected chi connectivity index (χ4v) is 2.46. The molecule has 2 heterocycles. The zero-order chi connectivity index (χ0) is 15.7. The summed E-state index contributed by atoms with van der Waals surface area (Å²) >= 11 is 3.28. The van der Waals surface area contributed by atoms with Gasteiger partial charge < -0.3 is 9.72 Å². The third-order valence-corrected chi connectivity index (χ3v) is 3.44. The number of anilines is 1. The zero-order valence-corrected chi connectivity index (χ0v) is 12.7. The van der Waals surface area contributed by atoms with Crippen molar-refractivity contribution in [1.82, 2.24) is 14.4 Å². The Hall–Kier alpha value is -2.09. The maximum atomic E-state index is 12.7. The third-order valence-electron chi connectivity index (χ3n) is 3.06. The van der Waals surface area contributed by atoms with Gasteiger partial charge in [-0.2, -0.15) is 13.2 Å². The number of benzene rings is 1. The number of nitrogens with one attached hydrogen (secondary N) is 1. The van der Waals surface area contributed by atoms with Crippen molar-refractivity contribution in [2.24, 2.45) is 0 Å². The summed E-state index contributed by atoms with van der Waals surface area (Å²) in [6, 6.07) is 5.18. The number of hydrogen-bond donors (Lipinski definition) is 1. The SMILES string of the molecule is FC(F)(F)c1cccc(CNc2nc(Br)cn3ccnc23)c1. The first-order valence-corrected chi connectivity index (χ1v) is 7.12. The van der Waals surface area contributed by atoms with Crippen molar-refractivity contribution in [2.75, 3.05) is 5.32 Å². The molecule has 0 radical (unpaired) electrons. The summed E-state index contributed by atoms with van der Waals surface area (Å²) in [5.41, 5.74) is 0.455. The molecule has 0 saturated heterocycles. The Labute approximate surface area is 132 Å². The highest BCUT2D eigenvalue weighted by Gasteiger charge is 2.30. The molecule has 0 amide bonds. The standard InChI is InChI=1S/C14H10BrF3N4/c15-11-8-22-5-4-19-13(22)12(21-11)20-7-9-2-1-3-10(6-9)14(16,17)18/h1-6,8H,7H2,(H,20,21). The fourth-order valence-electron chi connectivity index (χ4n) is 2.06. The number of halogens is 4. The van der Waals surface area contributed by atoms with Crippen LogP contribution in [0.1, 0.15) is 11.1 Å². The van der Waals surface area contributed by atoms with Gasteiger partial charge in [-0.3, -0.25) is 0 Å². The topological polar surface area (TPSA) is 42.2 Å². The highest BCUT2D eigenvalue weighted by Crippen LogP contribution is 2.29. The first-order valence-electron chi connectivity index (χ1n) is 6.33. The molecule has 0 unspecified atom stereocenters. The molecule has 0 bridgehead atoms. The minimum atomic E-state index is -4.35. The van der Waals surface area contributed by atoms with Crippen LogP contribution in [-0.4, -0.2) is 14.4 Å². The second-order valence-corrected chi connectivity index (χ2v) is 5.43. The molecule has 0 atom stereocenters. The Morgan fingerprint density at radius 3 is 2.86 bits per heavy atom. The summed E-state index contributed by atoms with van der Waals surface area (Å²) in [4.78, 5) is 8.43. The Bertz CT molecular complexity index is 813. The normalized spacial score (nSPS) is 11.8. The number of aromatic nitrogens is 3. The quantitative estimate of drug-likeness (QED) is 0.753. The number of alkyl halides is 3. The lowest BCUT2D eigenvalue weighted by Gasteiger charge is -2.10. The van der Waals surface area contributed by atoms with Gasteiger partial charge in [0.1, 0.15) is 4.60 Å². The predicted octanol–water partition coefficient (Wildman–Crippen LogP) is 4.12. The van der Waals surface area contributed by atoms with Crippen LogP contribution in [-0.2, 0) is 12.7 Å². The van der Waals surface area contributed by atoms with Crippen LogP contribution >= 0.6 is 15.9 Å². The van der Waals surface area contributed by atoms with E-state index in [9.17, 15) is 13.2 Å². The van der Waals surface area contributed by atoms with Gasteiger partial charge in [-0.25, -0.2) is 9.97 Å². The lowest BCUT2D eigenvalue weighted by molar-refractivity contribution is -0.137. The van der Waals surface area contributed by atoms with E-state index < -0.39 is 11.7 Å². The lowest BCUT2D eigenvalue weighted by atomic mass is 10.1. The zero-order valence-electron chi connectivity index (χ0n) is 11.1. The minimum Gasteiger partial charge on any atom is -0.363 e. The minimum absolute atomic E-state index is 0.218. The van der Waals surface area contributed by atoms with E-state index in [1.165, 1.54) is 6.07 Å². The number of fused-ring (bicyclic) bond motifs is 1. The molecule has 0 aliphatic heterocycles. The van der Waals surface area contributed by atoms with E-state index in [2.05, 4.69) is 31.2 Å². The van der Waals surface area contributed by atoms with Crippen molar-refractivity contribution in [3.63, 3.8) is 0 Å². The maximum Gasteiger partial charge on any atom is 0.416 e. The number of nitrogens with zero attached hydrogens (tertiary/aromatic N) is 3. The van der Waals surface area contributed by atoms with Crippen molar-refractivity contribution in [3.05, 3.63) is 58.6 Å². The Morgan fingerprint density at radius 1 is 1.27 bits per heavy atom. The molecule has 3 rings (SSSR count). The number of rotatable bonds is 3. The van der Waals surface area contributed by atoms with Crippen LogP contribution < -0.4 is 5.32 Å². The fraction of sp³-hybridized carbons (Fsp3) is 0.143. The molecule has 0 fully saturated rings. The van der Waals surface area contributed by atoms with Crippen LogP contribution in [0.25, 0.3) is 5.65 Å². The van der Waals surface area contributed by atoms with Crippen molar-refractivity contribution >= 4 is 27.4 Å². The van der Waals surface area contributed by atoms with Crippen LogP contribution in [0.4, 0.5) is 19.0 Å². The summed E-state index contributed by atoms with van der Waals surface area (Å²) < 4.78 is 40.5. The molecule has 0 aliphatic rings.